The molecule has 0 spiro atoms. The third-order valence-corrected chi connectivity index (χ3v) is 7.60. The predicted octanol–water partition coefficient (Wildman–Crippen LogP) is 10.2. The van der Waals surface area contributed by atoms with Gasteiger partial charge in [-0.2, -0.15) is 0 Å². The fourth-order valence-corrected chi connectivity index (χ4v) is 5.47. The second-order valence-corrected chi connectivity index (χ2v) is 9.81. The summed E-state index contributed by atoms with van der Waals surface area (Å²) in [5.41, 5.74) is 9.31. The summed E-state index contributed by atoms with van der Waals surface area (Å²) >= 11 is 0. The molecule has 0 saturated carbocycles. The van der Waals surface area contributed by atoms with E-state index in [0.717, 1.165) is 27.5 Å². The maximum atomic E-state index is 6.27. The van der Waals surface area contributed by atoms with Gasteiger partial charge in [0.1, 0.15) is 11.2 Å². The summed E-state index contributed by atoms with van der Waals surface area (Å²) in [5, 5.41) is 4.87. The Hall–Kier alpha value is -4.62. The highest BCUT2D eigenvalue weighted by Crippen LogP contribution is 2.37. The average molecular weight is 475 g/mol. The maximum absolute atomic E-state index is 6.27. The van der Waals surface area contributed by atoms with Crippen LogP contribution in [0.5, 0.6) is 0 Å². The molecule has 0 fully saturated rings. The van der Waals surface area contributed by atoms with E-state index >= 15 is 0 Å². The van der Waals surface area contributed by atoms with Crippen LogP contribution in [0.2, 0.25) is 0 Å². The third-order valence-electron chi connectivity index (χ3n) is 7.60. The van der Waals surface area contributed by atoms with Gasteiger partial charge in [0, 0.05) is 22.3 Å². The second-order valence-electron chi connectivity index (χ2n) is 9.81. The minimum Gasteiger partial charge on any atom is -0.455 e. The van der Waals surface area contributed by atoms with Gasteiger partial charge < -0.3 is 4.42 Å². The largest absolute Gasteiger partial charge is 0.455 e. The summed E-state index contributed by atoms with van der Waals surface area (Å²) in [6.45, 7) is 2.29. The summed E-state index contributed by atoms with van der Waals surface area (Å²) in [7, 11) is 0. The Morgan fingerprint density at radius 3 is 2.08 bits per heavy atom. The number of hydrogen-bond donors (Lipinski definition) is 0. The lowest BCUT2D eigenvalue weighted by Gasteiger charge is -2.15. The zero-order valence-corrected chi connectivity index (χ0v) is 20.7. The summed E-state index contributed by atoms with van der Waals surface area (Å²) in [6.07, 6.45) is 0. The number of fused-ring (bicyclic) bond motifs is 4. The van der Waals surface area contributed by atoms with Crippen molar-refractivity contribution in [1.82, 2.24) is 0 Å². The fraction of sp³-hybridized carbons (Fsp3) is 0.0556. The van der Waals surface area contributed by atoms with Crippen molar-refractivity contribution in [2.45, 2.75) is 12.8 Å². The SMILES string of the molecule is CC(c1ccc(-c2cccc3c2oc2ccccc23)cc1)c1cccc(-c2ccc3ccccc3c2)c1. The van der Waals surface area contributed by atoms with E-state index in [4.69, 9.17) is 4.42 Å². The van der Waals surface area contributed by atoms with Crippen molar-refractivity contribution < 1.29 is 4.42 Å². The molecule has 7 aromatic rings. The smallest absolute Gasteiger partial charge is 0.143 e. The molecule has 0 radical (unpaired) electrons. The summed E-state index contributed by atoms with van der Waals surface area (Å²) in [5.74, 6) is 0.288. The number of benzene rings is 6. The normalized spacial score (nSPS) is 12.4. The predicted molar refractivity (Wildman–Crippen MR) is 156 cm³/mol. The van der Waals surface area contributed by atoms with E-state index in [1.807, 2.05) is 12.1 Å². The molecule has 0 aliphatic carbocycles. The highest BCUT2D eigenvalue weighted by atomic mass is 16.3. The van der Waals surface area contributed by atoms with Crippen LogP contribution >= 0.6 is 0 Å². The number of furan rings is 1. The van der Waals surface area contributed by atoms with Gasteiger partial charge in [-0.3, -0.25) is 0 Å². The van der Waals surface area contributed by atoms with E-state index in [1.54, 1.807) is 0 Å². The summed E-state index contributed by atoms with van der Waals surface area (Å²) in [4.78, 5) is 0. The van der Waals surface area contributed by atoms with Gasteiger partial charge in [-0.25, -0.2) is 0 Å². The Morgan fingerprint density at radius 2 is 1.19 bits per heavy atom. The van der Waals surface area contributed by atoms with E-state index < -0.39 is 0 Å². The van der Waals surface area contributed by atoms with Gasteiger partial charge >= 0.3 is 0 Å². The minimum absolute atomic E-state index is 0.288. The van der Waals surface area contributed by atoms with Crippen LogP contribution < -0.4 is 0 Å². The molecule has 0 aliphatic rings. The molecule has 7 rings (SSSR count). The number of para-hydroxylation sites is 2. The minimum atomic E-state index is 0.288. The zero-order valence-electron chi connectivity index (χ0n) is 20.7. The molecule has 1 nitrogen and oxygen atoms in total. The van der Waals surface area contributed by atoms with Crippen molar-refractivity contribution in [3.05, 3.63) is 145 Å². The van der Waals surface area contributed by atoms with Gasteiger partial charge in [0.2, 0.25) is 0 Å². The second kappa shape index (κ2) is 8.80. The van der Waals surface area contributed by atoms with Crippen LogP contribution in [0.15, 0.2) is 138 Å². The zero-order chi connectivity index (χ0) is 24.8. The Bertz CT molecular complexity index is 1890. The molecule has 0 saturated heterocycles. The van der Waals surface area contributed by atoms with Crippen LogP contribution in [-0.2, 0) is 0 Å². The van der Waals surface area contributed by atoms with Gasteiger partial charge in [0.05, 0.1) is 0 Å². The van der Waals surface area contributed by atoms with E-state index in [1.165, 1.54) is 38.6 Å². The van der Waals surface area contributed by atoms with Crippen LogP contribution in [0.1, 0.15) is 24.0 Å². The van der Waals surface area contributed by atoms with Gasteiger partial charge in [-0.05, 0) is 50.7 Å². The van der Waals surface area contributed by atoms with E-state index in [0.29, 0.717) is 0 Å². The van der Waals surface area contributed by atoms with Crippen molar-refractivity contribution in [1.29, 1.82) is 0 Å². The van der Waals surface area contributed by atoms with Crippen LogP contribution in [0.25, 0.3) is 55.0 Å². The monoisotopic (exact) mass is 474 g/mol. The molecule has 1 atom stereocenters. The number of hydrogen-bond acceptors (Lipinski definition) is 1. The van der Waals surface area contributed by atoms with Crippen LogP contribution in [-0.4, -0.2) is 0 Å². The van der Waals surface area contributed by atoms with Gasteiger partial charge in [-0.15, -0.1) is 0 Å². The van der Waals surface area contributed by atoms with Crippen molar-refractivity contribution in [2.24, 2.45) is 0 Å². The molecule has 0 N–H and O–H groups in total. The lowest BCUT2D eigenvalue weighted by atomic mass is 9.89. The highest BCUT2D eigenvalue weighted by molar-refractivity contribution is 6.09. The Balaban J connectivity index is 1.21. The van der Waals surface area contributed by atoms with E-state index in [9.17, 15) is 0 Å². The first kappa shape index (κ1) is 21.6. The standard InChI is InChI=1S/C36H26O/c1-24(28-10-6-11-30(22-28)31-21-18-26-8-2-3-9-29(26)23-31)25-16-19-27(20-17-25)32-13-7-14-34-33-12-4-5-15-35(33)37-36(32)34/h2-24H,1H3. The van der Waals surface area contributed by atoms with Gasteiger partial charge in [0.25, 0.3) is 0 Å². The first-order valence-electron chi connectivity index (χ1n) is 12.8. The van der Waals surface area contributed by atoms with Crippen molar-refractivity contribution in [3.8, 4) is 22.3 Å². The molecule has 0 aliphatic heterocycles. The first-order chi connectivity index (χ1) is 18.2. The first-order valence-corrected chi connectivity index (χ1v) is 12.8. The van der Waals surface area contributed by atoms with E-state index in [-0.39, 0.29) is 5.92 Å². The quantitative estimate of drug-likeness (QED) is 0.247. The van der Waals surface area contributed by atoms with Crippen LogP contribution in [0.3, 0.4) is 0 Å². The molecule has 37 heavy (non-hydrogen) atoms. The fourth-order valence-electron chi connectivity index (χ4n) is 5.47. The van der Waals surface area contributed by atoms with Crippen LogP contribution in [0, 0.1) is 0 Å². The Labute approximate surface area is 216 Å². The lowest BCUT2D eigenvalue weighted by molar-refractivity contribution is 0.670. The Kier molecular flexibility index (Phi) is 5.15. The van der Waals surface area contributed by atoms with Gasteiger partial charge in [0.15, 0.2) is 0 Å². The third kappa shape index (κ3) is 3.80. The van der Waals surface area contributed by atoms with Crippen LogP contribution in [0.4, 0.5) is 0 Å². The van der Waals surface area contributed by atoms with E-state index in [2.05, 4.69) is 128 Å². The topological polar surface area (TPSA) is 13.1 Å². The number of rotatable bonds is 4. The molecule has 0 amide bonds. The maximum Gasteiger partial charge on any atom is 0.143 e. The molecule has 1 aromatic heterocycles. The van der Waals surface area contributed by atoms with Crippen molar-refractivity contribution >= 4 is 32.7 Å². The Morgan fingerprint density at radius 1 is 0.486 bits per heavy atom. The molecule has 1 heteroatoms. The molecule has 0 bridgehead atoms. The average Bonchev–Trinajstić information content (AvgIpc) is 3.36. The molecule has 176 valence electrons. The molecule has 1 unspecified atom stereocenters. The van der Waals surface area contributed by atoms with Gasteiger partial charge in [-0.1, -0.05) is 128 Å². The molecular weight excluding hydrogens is 448 g/mol. The highest BCUT2D eigenvalue weighted by Gasteiger charge is 2.14. The molecule has 1 heterocycles. The summed E-state index contributed by atoms with van der Waals surface area (Å²) < 4.78 is 6.27. The lowest BCUT2D eigenvalue weighted by Crippen LogP contribution is -1.96. The molecule has 6 aromatic carbocycles. The molecular formula is C36H26O. The van der Waals surface area contributed by atoms with Crippen molar-refractivity contribution in [2.75, 3.05) is 0 Å². The van der Waals surface area contributed by atoms with Crippen molar-refractivity contribution in [3.63, 3.8) is 0 Å². The summed E-state index contributed by atoms with van der Waals surface area (Å²) in [6, 6.07) is 47.8.